The van der Waals surface area contributed by atoms with Crippen LogP contribution in [0.25, 0.3) is 0 Å². The first-order valence-electron chi connectivity index (χ1n) is 15.0. The number of carbonyl (C=O) groups excluding carboxylic acids is 4. The number of amides is 2. The molecule has 258 valence electrons. The Morgan fingerprint density at radius 2 is 0.865 bits per heavy atom. The van der Waals surface area contributed by atoms with Crippen molar-refractivity contribution < 1.29 is 38.5 Å². The van der Waals surface area contributed by atoms with E-state index in [4.69, 9.17) is 9.47 Å². The van der Waals surface area contributed by atoms with E-state index in [2.05, 4.69) is 21.1 Å². The maximum absolute atomic E-state index is 12.7. The predicted molar refractivity (Wildman–Crippen MR) is 186 cm³/mol. The van der Waals surface area contributed by atoms with Gasteiger partial charge in [-0.15, -0.1) is 0 Å². The summed E-state index contributed by atoms with van der Waals surface area (Å²) in [5.74, 6) is -2.45. The van der Waals surface area contributed by atoms with E-state index in [1.807, 2.05) is 0 Å². The van der Waals surface area contributed by atoms with Gasteiger partial charge in [-0.25, -0.2) is 20.4 Å². The number of ether oxygens (including phenoxy) is 2. The first-order chi connectivity index (χ1) is 25.1. The van der Waals surface area contributed by atoms with Gasteiger partial charge in [0.1, 0.15) is 22.6 Å². The lowest BCUT2D eigenvalue weighted by atomic mass is 10.1. The molecule has 16 nitrogen and oxygen atoms in total. The highest BCUT2D eigenvalue weighted by molar-refractivity contribution is 5.99. The van der Waals surface area contributed by atoms with Gasteiger partial charge in [-0.2, -0.15) is 10.2 Å². The quantitative estimate of drug-likeness (QED) is 0.0549. The minimum Gasteiger partial charge on any atom is -0.423 e. The second-order valence-corrected chi connectivity index (χ2v) is 10.4. The van der Waals surface area contributed by atoms with Crippen LogP contribution in [0.5, 0.6) is 11.5 Å². The molecule has 0 heterocycles. The van der Waals surface area contributed by atoms with E-state index in [-0.39, 0.29) is 45.1 Å². The molecule has 0 aromatic heterocycles. The van der Waals surface area contributed by atoms with Crippen molar-refractivity contribution in [1.82, 2.24) is 10.9 Å². The Balaban J connectivity index is 1.09. The number of benzene rings is 5. The van der Waals surface area contributed by atoms with Crippen molar-refractivity contribution in [3.63, 3.8) is 0 Å². The predicted octanol–water partition coefficient (Wildman–Crippen LogP) is 5.47. The van der Waals surface area contributed by atoms with Crippen LogP contribution in [0.3, 0.4) is 0 Å². The maximum atomic E-state index is 12.7. The monoisotopic (exact) mass is 700 g/mol. The highest BCUT2D eigenvalue weighted by Gasteiger charge is 2.20. The van der Waals surface area contributed by atoms with E-state index in [1.54, 1.807) is 24.3 Å². The summed E-state index contributed by atoms with van der Waals surface area (Å²) < 4.78 is 10.8. The molecule has 2 amide bonds. The molecule has 5 rings (SSSR count). The molecule has 16 heteroatoms. The van der Waals surface area contributed by atoms with Crippen LogP contribution in [-0.2, 0) is 0 Å². The molecule has 0 saturated heterocycles. The fourth-order valence-electron chi connectivity index (χ4n) is 4.42. The van der Waals surface area contributed by atoms with Crippen LogP contribution in [0, 0.1) is 20.2 Å². The second kappa shape index (κ2) is 16.5. The van der Waals surface area contributed by atoms with Gasteiger partial charge in [-0.1, -0.05) is 24.3 Å². The lowest BCUT2D eigenvalue weighted by molar-refractivity contribution is -0.385. The van der Waals surface area contributed by atoms with Crippen molar-refractivity contribution in [3.8, 4) is 11.5 Å². The van der Waals surface area contributed by atoms with Gasteiger partial charge in [-0.05, 0) is 96.1 Å². The molecule has 5 aromatic carbocycles. The minimum atomic E-state index is -0.752. The van der Waals surface area contributed by atoms with Crippen LogP contribution in [0.15, 0.2) is 132 Å². The second-order valence-electron chi connectivity index (χ2n) is 10.4. The van der Waals surface area contributed by atoms with Gasteiger partial charge < -0.3 is 9.47 Å². The zero-order valence-corrected chi connectivity index (χ0v) is 26.6. The van der Waals surface area contributed by atoms with Crippen LogP contribution in [0.4, 0.5) is 11.4 Å². The fourth-order valence-corrected chi connectivity index (χ4v) is 4.42. The summed E-state index contributed by atoms with van der Waals surface area (Å²) in [7, 11) is 0. The molecule has 0 radical (unpaired) electrons. The van der Waals surface area contributed by atoms with Crippen LogP contribution in [0.1, 0.15) is 52.6 Å². The molecule has 0 fully saturated rings. The van der Waals surface area contributed by atoms with Gasteiger partial charge in [0.2, 0.25) is 0 Å². The summed E-state index contributed by atoms with van der Waals surface area (Å²) in [5.41, 5.74) is 4.89. The summed E-state index contributed by atoms with van der Waals surface area (Å²) >= 11 is 0. The number of esters is 2. The highest BCUT2D eigenvalue weighted by Crippen LogP contribution is 2.19. The number of nitrogens with zero attached hydrogens (tertiary/aromatic N) is 4. The number of nitrogens with one attached hydrogen (secondary N) is 2. The van der Waals surface area contributed by atoms with Crippen LogP contribution >= 0.6 is 0 Å². The third-order valence-electron chi connectivity index (χ3n) is 6.99. The lowest BCUT2D eigenvalue weighted by Crippen LogP contribution is -2.18. The Kier molecular flexibility index (Phi) is 11.2. The molecule has 0 saturated carbocycles. The Hall–Kier alpha value is -7.88. The number of hydrogen-bond acceptors (Lipinski definition) is 12. The molecule has 0 bridgehead atoms. The molecule has 52 heavy (non-hydrogen) atoms. The van der Waals surface area contributed by atoms with Gasteiger partial charge in [-0.3, -0.25) is 29.8 Å². The van der Waals surface area contributed by atoms with Gasteiger partial charge in [0.05, 0.1) is 33.4 Å². The van der Waals surface area contributed by atoms with E-state index in [0.717, 1.165) is 0 Å². The van der Waals surface area contributed by atoms with E-state index < -0.39 is 33.6 Å². The van der Waals surface area contributed by atoms with E-state index in [9.17, 15) is 39.4 Å². The summed E-state index contributed by atoms with van der Waals surface area (Å²) in [5, 5.41) is 29.9. The standard InChI is InChI=1S/C36H24N6O10/c43-33(29-5-1-3-7-31(29)41(47)48)39-37-21-23-9-17-27(18-10-23)51-35(45)25-13-15-26(16-14-25)36(46)52-28-19-11-24(12-20-28)22-38-40-34(44)30-6-2-4-8-32(30)42(49)50/h1-22H,(H,39,43)(H,40,44)/b37-21+,38-22+. The van der Waals surface area contributed by atoms with E-state index >= 15 is 0 Å². The first kappa shape index (κ1) is 35.4. The Morgan fingerprint density at radius 1 is 0.519 bits per heavy atom. The first-order valence-corrected chi connectivity index (χ1v) is 15.0. The summed E-state index contributed by atoms with van der Waals surface area (Å²) in [6, 6.07) is 28.8. The molecule has 0 aliphatic heterocycles. The normalized spacial score (nSPS) is 10.8. The molecular formula is C36H24N6O10. The van der Waals surface area contributed by atoms with E-state index in [0.29, 0.717) is 11.1 Å². The molecular weight excluding hydrogens is 676 g/mol. The average Bonchev–Trinajstić information content (AvgIpc) is 3.16. The molecule has 5 aromatic rings. The third kappa shape index (κ3) is 9.17. The molecule has 0 unspecified atom stereocenters. The molecule has 2 N–H and O–H groups in total. The fraction of sp³-hybridized carbons (Fsp3) is 0. The molecule has 0 atom stereocenters. The Bertz CT molecular complexity index is 2060. The number of nitro benzene ring substituents is 2. The number of hydrazone groups is 2. The highest BCUT2D eigenvalue weighted by atomic mass is 16.6. The number of rotatable bonds is 12. The van der Waals surface area contributed by atoms with Gasteiger partial charge >= 0.3 is 11.9 Å². The lowest BCUT2D eigenvalue weighted by Gasteiger charge is -2.07. The number of carbonyl (C=O) groups is 4. The van der Waals surface area contributed by atoms with Crippen LogP contribution in [-0.4, -0.2) is 46.0 Å². The van der Waals surface area contributed by atoms with Crippen LogP contribution in [0.2, 0.25) is 0 Å². The Labute approximate surface area is 293 Å². The average molecular weight is 701 g/mol. The van der Waals surface area contributed by atoms with Crippen LogP contribution < -0.4 is 20.3 Å². The van der Waals surface area contributed by atoms with Gasteiger partial charge in [0, 0.05) is 12.1 Å². The van der Waals surface area contributed by atoms with Crippen molar-refractivity contribution in [2.24, 2.45) is 10.2 Å². The van der Waals surface area contributed by atoms with Crippen molar-refractivity contribution in [3.05, 3.63) is 175 Å². The number of nitro groups is 2. The van der Waals surface area contributed by atoms with Crippen molar-refractivity contribution >= 4 is 47.6 Å². The SMILES string of the molecule is O=C(Oc1ccc(/C=N/NC(=O)c2ccccc2[N+](=O)[O-])cc1)c1ccc(C(=O)Oc2ccc(/C=N/NC(=O)c3ccccc3[N+](=O)[O-])cc2)cc1. The minimum absolute atomic E-state index is 0.140. The third-order valence-corrected chi connectivity index (χ3v) is 6.99. The zero-order chi connectivity index (χ0) is 37.0. The summed E-state index contributed by atoms with van der Waals surface area (Å²) in [4.78, 5) is 70.8. The molecule has 0 aliphatic rings. The summed E-state index contributed by atoms with van der Waals surface area (Å²) in [6.45, 7) is 0. The van der Waals surface area contributed by atoms with Crippen molar-refractivity contribution in [2.45, 2.75) is 0 Å². The largest absolute Gasteiger partial charge is 0.423 e. The van der Waals surface area contributed by atoms with Gasteiger partial charge in [0.25, 0.3) is 23.2 Å². The number of para-hydroxylation sites is 2. The van der Waals surface area contributed by atoms with Gasteiger partial charge in [0.15, 0.2) is 0 Å². The zero-order valence-electron chi connectivity index (χ0n) is 26.6. The smallest absolute Gasteiger partial charge is 0.343 e. The molecule has 0 aliphatic carbocycles. The maximum Gasteiger partial charge on any atom is 0.343 e. The van der Waals surface area contributed by atoms with Crippen molar-refractivity contribution in [2.75, 3.05) is 0 Å². The molecule has 0 spiro atoms. The van der Waals surface area contributed by atoms with Crippen molar-refractivity contribution in [1.29, 1.82) is 0 Å². The Morgan fingerprint density at radius 3 is 1.21 bits per heavy atom. The van der Waals surface area contributed by atoms with E-state index in [1.165, 1.54) is 109 Å². The number of hydrogen-bond donors (Lipinski definition) is 2. The summed E-state index contributed by atoms with van der Waals surface area (Å²) in [6.07, 6.45) is 2.62. The topological polar surface area (TPSA) is 222 Å².